The van der Waals surface area contributed by atoms with Gasteiger partial charge in [-0.3, -0.25) is 14.9 Å². The summed E-state index contributed by atoms with van der Waals surface area (Å²) in [4.78, 5) is 22.3. The van der Waals surface area contributed by atoms with Crippen molar-refractivity contribution in [3.8, 4) is 0 Å². The predicted octanol–water partition coefficient (Wildman–Crippen LogP) is 2.36. The second kappa shape index (κ2) is 6.17. The molecule has 8 heteroatoms. The minimum atomic E-state index is -3.98. The SMILES string of the molecule is Cc1ccc(S(=O)(=O)N(C)C(=O)c2ccc([N+](=O)[O-])cc2)cc1. The summed E-state index contributed by atoms with van der Waals surface area (Å²) >= 11 is 0. The highest BCUT2D eigenvalue weighted by atomic mass is 32.2. The summed E-state index contributed by atoms with van der Waals surface area (Å²) in [5.41, 5.74) is 0.771. The van der Waals surface area contributed by atoms with E-state index >= 15 is 0 Å². The molecule has 0 radical (unpaired) electrons. The zero-order chi connectivity index (χ0) is 17.2. The number of amides is 1. The highest BCUT2D eigenvalue weighted by Gasteiger charge is 2.26. The number of aryl methyl sites for hydroxylation is 1. The quantitative estimate of drug-likeness (QED) is 0.631. The van der Waals surface area contributed by atoms with Gasteiger partial charge in [-0.2, -0.15) is 0 Å². The molecule has 0 atom stereocenters. The Kier molecular flexibility index (Phi) is 4.46. The van der Waals surface area contributed by atoms with E-state index in [2.05, 4.69) is 0 Å². The Balaban J connectivity index is 2.31. The van der Waals surface area contributed by atoms with Crippen LogP contribution in [0.5, 0.6) is 0 Å². The highest BCUT2D eigenvalue weighted by Crippen LogP contribution is 2.19. The molecule has 0 saturated carbocycles. The Morgan fingerprint density at radius 1 is 1.04 bits per heavy atom. The van der Waals surface area contributed by atoms with Crippen molar-refractivity contribution in [1.82, 2.24) is 4.31 Å². The third-order valence-electron chi connectivity index (χ3n) is 3.29. The largest absolute Gasteiger partial charge is 0.269 e. The third-order valence-corrected chi connectivity index (χ3v) is 5.05. The van der Waals surface area contributed by atoms with E-state index in [0.717, 1.165) is 24.7 Å². The number of hydrogen-bond acceptors (Lipinski definition) is 5. The second-order valence-corrected chi connectivity index (χ2v) is 6.86. The van der Waals surface area contributed by atoms with Gasteiger partial charge in [0.15, 0.2) is 0 Å². The maximum atomic E-state index is 12.4. The first kappa shape index (κ1) is 16.6. The lowest BCUT2D eigenvalue weighted by Crippen LogP contribution is -2.33. The number of carbonyl (C=O) groups excluding carboxylic acids is 1. The van der Waals surface area contributed by atoms with Crippen LogP contribution in [0.15, 0.2) is 53.4 Å². The van der Waals surface area contributed by atoms with Crippen LogP contribution in [-0.4, -0.2) is 30.6 Å². The summed E-state index contributed by atoms with van der Waals surface area (Å²) in [6, 6.07) is 10.9. The van der Waals surface area contributed by atoms with Crippen molar-refractivity contribution < 1.29 is 18.1 Å². The molecule has 0 saturated heterocycles. The molecule has 23 heavy (non-hydrogen) atoms. The van der Waals surface area contributed by atoms with Gasteiger partial charge < -0.3 is 0 Å². The van der Waals surface area contributed by atoms with Gasteiger partial charge in [0.05, 0.1) is 9.82 Å². The molecule has 0 aliphatic heterocycles. The van der Waals surface area contributed by atoms with E-state index in [-0.39, 0.29) is 16.1 Å². The zero-order valence-electron chi connectivity index (χ0n) is 12.5. The van der Waals surface area contributed by atoms with E-state index in [9.17, 15) is 23.3 Å². The maximum Gasteiger partial charge on any atom is 0.269 e. The standard InChI is InChI=1S/C15H14N2O5S/c1-11-3-9-14(10-4-11)23(21,22)16(2)15(18)12-5-7-13(8-6-12)17(19)20/h3-10H,1-2H3. The van der Waals surface area contributed by atoms with Crippen molar-refractivity contribution in [2.45, 2.75) is 11.8 Å². The number of nitrogens with zero attached hydrogens (tertiary/aromatic N) is 2. The Morgan fingerprint density at radius 2 is 1.57 bits per heavy atom. The minimum Gasteiger partial charge on any atom is -0.268 e. The summed E-state index contributed by atoms with van der Waals surface area (Å²) in [5.74, 6) is -0.763. The van der Waals surface area contributed by atoms with Crippen LogP contribution in [0.4, 0.5) is 5.69 Å². The number of nitro groups is 1. The highest BCUT2D eigenvalue weighted by molar-refractivity contribution is 7.89. The first-order valence-electron chi connectivity index (χ1n) is 6.58. The fourth-order valence-electron chi connectivity index (χ4n) is 1.89. The number of carbonyl (C=O) groups is 1. The summed E-state index contributed by atoms with van der Waals surface area (Å²) in [7, 11) is -2.83. The molecule has 0 aliphatic carbocycles. The van der Waals surface area contributed by atoms with Crippen molar-refractivity contribution >= 4 is 21.6 Å². The van der Waals surface area contributed by atoms with E-state index in [1.54, 1.807) is 12.1 Å². The monoisotopic (exact) mass is 334 g/mol. The van der Waals surface area contributed by atoms with E-state index in [0.29, 0.717) is 4.31 Å². The molecule has 2 aromatic carbocycles. The van der Waals surface area contributed by atoms with Crippen LogP contribution in [0.3, 0.4) is 0 Å². The summed E-state index contributed by atoms with van der Waals surface area (Å²) < 4.78 is 25.5. The molecule has 0 unspecified atom stereocenters. The van der Waals surface area contributed by atoms with E-state index < -0.39 is 20.9 Å². The topological polar surface area (TPSA) is 97.6 Å². The molecule has 0 aliphatic rings. The Labute approximate surface area is 133 Å². The molecule has 0 fully saturated rings. The molecule has 0 aromatic heterocycles. The summed E-state index contributed by atoms with van der Waals surface area (Å²) in [6.07, 6.45) is 0. The van der Waals surface area contributed by atoms with Gasteiger partial charge in [-0.25, -0.2) is 12.7 Å². The predicted molar refractivity (Wildman–Crippen MR) is 83.6 cm³/mol. The van der Waals surface area contributed by atoms with Crippen LogP contribution < -0.4 is 0 Å². The average Bonchev–Trinajstić information content (AvgIpc) is 2.54. The summed E-state index contributed by atoms with van der Waals surface area (Å²) in [5, 5.41) is 10.6. The number of hydrogen-bond donors (Lipinski definition) is 0. The van der Waals surface area contributed by atoms with Gasteiger partial charge >= 0.3 is 0 Å². The lowest BCUT2D eigenvalue weighted by molar-refractivity contribution is -0.384. The van der Waals surface area contributed by atoms with Gasteiger partial charge in [0.2, 0.25) is 0 Å². The zero-order valence-corrected chi connectivity index (χ0v) is 13.3. The fourth-order valence-corrected chi connectivity index (χ4v) is 3.00. The molecular formula is C15H14N2O5S. The van der Waals surface area contributed by atoms with Crippen LogP contribution in [0.2, 0.25) is 0 Å². The van der Waals surface area contributed by atoms with Crippen molar-refractivity contribution in [3.05, 3.63) is 69.8 Å². The van der Waals surface area contributed by atoms with Crippen LogP contribution in [0.1, 0.15) is 15.9 Å². The first-order valence-corrected chi connectivity index (χ1v) is 8.02. The van der Waals surface area contributed by atoms with Crippen molar-refractivity contribution in [2.24, 2.45) is 0 Å². The maximum absolute atomic E-state index is 12.4. The Bertz CT molecular complexity index is 842. The van der Waals surface area contributed by atoms with E-state index in [4.69, 9.17) is 0 Å². The smallest absolute Gasteiger partial charge is 0.268 e. The van der Waals surface area contributed by atoms with Gasteiger partial charge in [-0.05, 0) is 31.2 Å². The van der Waals surface area contributed by atoms with Crippen LogP contribution in [0.25, 0.3) is 0 Å². The number of sulfonamides is 1. The Hall–Kier alpha value is -2.74. The molecule has 0 bridgehead atoms. The number of nitro benzene ring substituents is 1. The molecule has 0 N–H and O–H groups in total. The second-order valence-electron chi connectivity index (χ2n) is 4.89. The molecule has 0 spiro atoms. The van der Waals surface area contributed by atoms with Gasteiger partial charge in [0, 0.05) is 24.7 Å². The number of benzene rings is 2. The van der Waals surface area contributed by atoms with E-state index in [1.807, 2.05) is 6.92 Å². The van der Waals surface area contributed by atoms with Crippen molar-refractivity contribution in [1.29, 1.82) is 0 Å². The minimum absolute atomic E-state index is 0.000798. The third kappa shape index (κ3) is 3.37. The lowest BCUT2D eigenvalue weighted by Gasteiger charge is -2.17. The molecule has 120 valence electrons. The average molecular weight is 334 g/mol. The molecular weight excluding hydrogens is 320 g/mol. The summed E-state index contributed by atoms with van der Waals surface area (Å²) in [6.45, 7) is 1.82. The molecule has 1 amide bonds. The van der Waals surface area contributed by atoms with Gasteiger partial charge in [0.1, 0.15) is 0 Å². The van der Waals surface area contributed by atoms with Crippen LogP contribution >= 0.6 is 0 Å². The van der Waals surface area contributed by atoms with Crippen LogP contribution in [0, 0.1) is 17.0 Å². The van der Waals surface area contributed by atoms with Gasteiger partial charge in [-0.1, -0.05) is 17.7 Å². The first-order chi connectivity index (χ1) is 10.7. The van der Waals surface area contributed by atoms with Crippen molar-refractivity contribution in [2.75, 3.05) is 7.05 Å². The van der Waals surface area contributed by atoms with E-state index in [1.165, 1.54) is 24.3 Å². The van der Waals surface area contributed by atoms with Gasteiger partial charge in [-0.15, -0.1) is 0 Å². The molecule has 7 nitrogen and oxygen atoms in total. The van der Waals surface area contributed by atoms with Gasteiger partial charge in [0.25, 0.3) is 21.6 Å². The Morgan fingerprint density at radius 3 is 2.04 bits per heavy atom. The number of rotatable bonds is 4. The molecule has 0 heterocycles. The van der Waals surface area contributed by atoms with Crippen molar-refractivity contribution in [3.63, 3.8) is 0 Å². The van der Waals surface area contributed by atoms with Crippen LogP contribution in [-0.2, 0) is 10.0 Å². The fraction of sp³-hybridized carbons (Fsp3) is 0.133. The molecule has 2 aromatic rings. The number of non-ortho nitro benzene ring substituents is 1. The normalized spacial score (nSPS) is 11.0. The molecule has 2 rings (SSSR count). The lowest BCUT2D eigenvalue weighted by atomic mass is 10.2.